The lowest BCUT2D eigenvalue weighted by Gasteiger charge is -2.11. The molecule has 0 aliphatic heterocycles. The largest absolute Gasteiger partial charge is 0.434 e. The second-order valence-electron chi connectivity index (χ2n) is 4.54. The molecule has 0 unspecified atom stereocenters. The standard InChI is InChI=1S/C13H11F2NO3/c1-13(2,18)11(17)12-16-6-10(19-12)8-4-3-7(14)5-9(8)15/h3-6,18H,1-2H3. The van der Waals surface area contributed by atoms with Gasteiger partial charge in [0.15, 0.2) is 5.76 Å². The Bertz CT molecular complexity index is 629. The van der Waals surface area contributed by atoms with Gasteiger partial charge in [0.2, 0.25) is 5.78 Å². The maximum Gasteiger partial charge on any atom is 0.266 e. The number of benzene rings is 1. The van der Waals surface area contributed by atoms with E-state index in [1.165, 1.54) is 19.9 Å². The number of hydrogen-bond acceptors (Lipinski definition) is 4. The summed E-state index contributed by atoms with van der Waals surface area (Å²) < 4.78 is 31.4. The molecule has 4 nitrogen and oxygen atoms in total. The van der Waals surface area contributed by atoms with Gasteiger partial charge in [-0.25, -0.2) is 13.8 Å². The molecule has 0 amide bonds. The van der Waals surface area contributed by atoms with Crippen LogP contribution in [0.1, 0.15) is 24.5 Å². The molecule has 6 heteroatoms. The van der Waals surface area contributed by atoms with Gasteiger partial charge in [0, 0.05) is 6.07 Å². The molecule has 0 aliphatic carbocycles. The van der Waals surface area contributed by atoms with Gasteiger partial charge in [-0.1, -0.05) is 0 Å². The summed E-state index contributed by atoms with van der Waals surface area (Å²) in [4.78, 5) is 15.4. The van der Waals surface area contributed by atoms with Crippen molar-refractivity contribution < 1.29 is 23.1 Å². The van der Waals surface area contributed by atoms with Crippen molar-refractivity contribution in [2.24, 2.45) is 0 Å². The molecule has 0 aliphatic rings. The molecule has 0 saturated carbocycles. The van der Waals surface area contributed by atoms with Crippen molar-refractivity contribution in [1.29, 1.82) is 0 Å². The number of oxazole rings is 1. The van der Waals surface area contributed by atoms with E-state index in [0.29, 0.717) is 6.07 Å². The lowest BCUT2D eigenvalue weighted by molar-refractivity contribution is 0.0452. The fourth-order valence-corrected chi connectivity index (χ4v) is 1.45. The quantitative estimate of drug-likeness (QED) is 0.868. The van der Waals surface area contributed by atoms with Crippen LogP contribution in [0.4, 0.5) is 8.78 Å². The fraction of sp³-hybridized carbons (Fsp3) is 0.231. The Hall–Kier alpha value is -2.08. The smallest absolute Gasteiger partial charge is 0.266 e. The van der Waals surface area contributed by atoms with Crippen LogP contribution in [0, 0.1) is 11.6 Å². The predicted octanol–water partition coefficient (Wildman–Crippen LogP) is 2.57. The lowest BCUT2D eigenvalue weighted by atomic mass is 10.0. The van der Waals surface area contributed by atoms with Gasteiger partial charge in [-0.3, -0.25) is 4.79 Å². The van der Waals surface area contributed by atoms with Crippen LogP contribution < -0.4 is 0 Å². The monoisotopic (exact) mass is 267 g/mol. The van der Waals surface area contributed by atoms with Crippen LogP contribution in [-0.4, -0.2) is 21.5 Å². The van der Waals surface area contributed by atoms with Gasteiger partial charge in [-0.05, 0) is 26.0 Å². The molecule has 0 bridgehead atoms. The zero-order chi connectivity index (χ0) is 14.2. The number of aromatic nitrogens is 1. The van der Waals surface area contributed by atoms with E-state index in [0.717, 1.165) is 12.3 Å². The van der Waals surface area contributed by atoms with Crippen molar-refractivity contribution in [3.05, 3.63) is 41.9 Å². The zero-order valence-electron chi connectivity index (χ0n) is 10.3. The highest BCUT2D eigenvalue weighted by molar-refractivity contribution is 5.98. The first kappa shape index (κ1) is 13.4. The number of ketones is 1. The molecule has 19 heavy (non-hydrogen) atoms. The van der Waals surface area contributed by atoms with Gasteiger partial charge in [0.25, 0.3) is 5.89 Å². The Morgan fingerprint density at radius 1 is 1.37 bits per heavy atom. The third-order valence-electron chi connectivity index (χ3n) is 2.45. The van der Waals surface area contributed by atoms with Gasteiger partial charge in [-0.15, -0.1) is 0 Å². The topological polar surface area (TPSA) is 63.3 Å². The number of aliphatic hydroxyl groups is 1. The average molecular weight is 267 g/mol. The molecular formula is C13H11F2NO3. The minimum Gasteiger partial charge on any atom is -0.434 e. The van der Waals surface area contributed by atoms with Crippen LogP contribution >= 0.6 is 0 Å². The summed E-state index contributed by atoms with van der Waals surface area (Å²) in [6.45, 7) is 2.58. The Morgan fingerprint density at radius 3 is 2.63 bits per heavy atom. The maximum atomic E-state index is 13.5. The predicted molar refractivity (Wildman–Crippen MR) is 62.5 cm³/mol. The summed E-state index contributed by atoms with van der Waals surface area (Å²) in [5, 5.41) is 9.54. The normalized spacial score (nSPS) is 11.6. The molecule has 1 N–H and O–H groups in total. The molecular weight excluding hydrogens is 256 g/mol. The third kappa shape index (κ3) is 2.68. The summed E-state index contributed by atoms with van der Waals surface area (Å²) in [6.07, 6.45) is 1.15. The molecule has 0 fully saturated rings. The summed E-state index contributed by atoms with van der Waals surface area (Å²) >= 11 is 0. The van der Waals surface area contributed by atoms with E-state index < -0.39 is 23.0 Å². The number of nitrogens with zero attached hydrogens (tertiary/aromatic N) is 1. The number of halogens is 2. The molecule has 2 aromatic rings. The highest BCUT2D eigenvalue weighted by Gasteiger charge is 2.29. The lowest BCUT2D eigenvalue weighted by Crippen LogP contribution is -2.31. The molecule has 100 valence electrons. The second-order valence-corrected chi connectivity index (χ2v) is 4.54. The van der Waals surface area contributed by atoms with Crippen molar-refractivity contribution in [2.75, 3.05) is 0 Å². The van der Waals surface area contributed by atoms with Crippen LogP contribution in [0.25, 0.3) is 11.3 Å². The molecule has 0 atom stereocenters. The Morgan fingerprint density at radius 2 is 2.05 bits per heavy atom. The number of Topliss-reactive ketones (excluding diaryl/α,β-unsaturated/α-hetero) is 1. The van der Waals surface area contributed by atoms with Gasteiger partial charge >= 0.3 is 0 Å². The molecule has 0 radical (unpaired) electrons. The Labute approximate surface area is 107 Å². The first-order valence-electron chi connectivity index (χ1n) is 5.47. The third-order valence-corrected chi connectivity index (χ3v) is 2.45. The van der Waals surface area contributed by atoms with E-state index in [2.05, 4.69) is 4.98 Å². The van der Waals surface area contributed by atoms with E-state index >= 15 is 0 Å². The van der Waals surface area contributed by atoms with Crippen LogP contribution in [0.5, 0.6) is 0 Å². The van der Waals surface area contributed by atoms with Crippen LogP contribution in [0.3, 0.4) is 0 Å². The maximum absolute atomic E-state index is 13.5. The molecule has 2 rings (SSSR count). The Balaban J connectivity index is 2.39. The molecule has 0 saturated heterocycles. The first-order valence-corrected chi connectivity index (χ1v) is 5.47. The minimum absolute atomic E-state index is 0.00917. The van der Waals surface area contributed by atoms with Crippen molar-refractivity contribution in [3.8, 4) is 11.3 Å². The summed E-state index contributed by atoms with van der Waals surface area (Å²) in [5.41, 5.74) is -1.65. The van der Waals surface area contributed by atoms with Gasteiger partial charge in [-0.2, -0.15) is 0 Å². The van der Waals surface area contributed by atoms with Gasteiger partial charge in [0.05, 0.1) is 11.8 Å². The van der Waals surface area contributed by atoms with Gasteiger partial charge < -0.3 is 9.52 Å². The first-order chi connectivity index (χ1) is 8.79. The Kier molecular flexibility index (Phi) is 3.20. The second kappa shape index (κ2) is 4.55. The SMILES string of the molecule is CC(C)(O)C(=O)c1ncc(-c2ccc(F)cc2F)o1. The van der Waals surface area contributed by atoms with Crippen molar-refractivity contribution in [2.45, 2.75) is 19.4 Å². The van der Waals surface area contributed by atoms with E-state index in [1.807, 2.05) is 0 Å². The fourth-order valence-electron chi connectivity index (χ4n) is 1.45. The van der Waals surface area contributed by atoms with E-state index in [-0.39, 0.29) is 17.2 Å². The highest BCUT2D eigenvalue weighted by atomic mass is 19.1. The summed E-state index contributed by atoms with van der Waals surface area (Å²) in [5.74, 6) is -2.59. The van der Waals surface area contributed by atoms with E-state index in [1.54, 1.807) is 0 Å². The zero-order valence-corrected chi connectivity index (χ0v) is 10.3. The van der Waals surface area contributed by atoms with Crippen LogP contribution in [0.2, 0.25) is 0 Å². The van der Waals surface area contributed by atoms with Crippen molar-refractivity contribution in [1.82, 2.24) is 4.98 Å². The van der Waals surface area contributed by atoms with E-state index in [9.17, 15) is 18.7 Å². The van der Waals surface area contributed by atoms with Gasteiger partial charge in [0.1, 0.15) is 17.2 Å². The molecule has 1 aromatic carbocycles. The van der Waals surface area contributed by atoms with Crippen LogP contribution in [-0.2, 0) is 0 Å². The number of carbonyl (C=O) groups is 1. The molecule has 0 spiro atoms. The van der Waals surface area contributed by atoms with Crippen molar-refractivity contribution in [3.63, 3.8) is 0 Å². The number of hydrogen-bond donors (Lipinski definition) is 1. The average Bonchev–Trinajstić information content (AvgIpc) is 2.75. The number of rotatable bonds is 3. The highest BCUT2D eigenvalue weighted by Crippen LogP contribution is 2.25. The minimum atomic E-state index is -1.64. The van der Waals surface area contributed by atoms with Crippen molar-refractivity contribution >= 4 is 5.78 Å². The van der Waals surface area contributed by atoms with E-state index in [4.69, 9.17) is 4.42 Å². The summed E-state index contributed by atoms with van der Waals surface area (Å²) in [6, 6.07) is 2.96. The van der Waals surface area contributed by atoms with Crippen LogP contribution in [0.15, 0.2) is 28.8 Å². The summed E-state index contributed by atoms with van der Waals surface area (Å²) in [7, 11) is 0. The molecule has 1 aromatic heterocycles. The number of carbonyl (C=O) groups excluding carboxylic acids is 1. The molecule has 1 heterocycles.